The van der Waals surface area contributed by atoms with E-state index in [0.29, 0.717) is 37.5 Å². The van der Waals surface area contributed by atoms with Gasteiger partial charge in [-0.25, -0.2) is 0 Å². The van der Waals surface area contributed by atoms with Gasteiger partial charge in [0.1, 0.15) is 0 Å². The Labute approximate surface area is 136 Å². The molecule has 1 aliphatic rings. The van der Waals surface area contributed by atoms with Crippen molar-refractivity contribution in [2.24, 2.45) is 5.73 Å². The van der Waals surface area contributed by atoms with Gasteiger partial charge in [-0.15, -0.1) is 0 Å². The van der Waals surface area contributed by atoms with Gasteiger partial charge in [0.15, 0.2) is 5.82 Å². The maximum absolute atomic E-state index is 5.91. The Morgan fingerprint density at radius 3 is 2.91 bits per heavy atom. The molecule has 0 spiro atoms. The van der Waals surface area contributed by atoms with Crippen LogP contribution in [0.3, 0.4) is 0 Å². The van der Waals surface area contributed by atoms with Crippen molar-refractivity contribution in [2.75, 3.05) is 20.2 Å². The van der Waals surface area contributed by atoms with Gasteiger partial charge >= 0.3 is 0 Å². The molecule has 124 valence electrons. The predicted octanol–water partition coefficient (Wildman–Crippen LogP) is 1.60. The van der Waals surface area contributed by atoms with Crippen molar-refractivity contribution in [3.05, 3.63) is 47.6 Å². The first-order valence-corrected chi connectivity index (χ1v) is 8.10. The van der Waals surface area contributed by atoms with Gasteiger partial charge in [0.05, 0.1) is 12.6 Å². The van der Waals surface area contributed by atoms with Crippen LogP contribution < -0.4 is 5.73 Å². The number of benzene rings is 1. The topological polar surface area (TPSA) is 77.4 Å². The second kappa shape index (κ2) is 7.68. The molecule has 1 aliphatic heterocycles. The summed E-state index contributed by atoms with van der Waals surface area (Å²) in [5.74, 6) is 1.38. The fourth-order valence-electron chi connectivity index (χ4n) is 3.11. The second-order valence-electron chi connectivity index (χ2n) is 6.01. The maximum Gasteiger partial charge on any atom is 0.240 e. The van der Waals surface area contributed by atoms with Gasteiger partial charge in [-0.1, -0.05) is 35.5 Å². The van der Waals surface area contributed by atoms with Gasteiger partial charge in [0.25, 0.3) is 0 Å². The molecule has 0 saturated carbocycles. The van der Waals surface area contributed by atoms with E-state index >= 15 is 0 Å². The van der Waals surface area contributed by atoms with Gasteiger partial charge in [-0.2, -0.15) is 4.98 Å². The van der Waals surface area contributed by atoms with Gasteiger partial charge in [0, 0.05) is 32.7 Å². The lowest BCUT2D eigenvalue weighted by Gasteiger charge is -2.37. The van der Waals surface area contributed by atoms with E-state index in [-0.39, 0.29) is 0 Å². The third-order valence-corrected chi connectivity index (χ3v) is 4.45. The van der Waals surface area contributed by atoms with Crippen molar-refractivity contribution in [1.82, 2.24) is 15.0 Å². The minimum atomic E-state index is 0.302. The summed E-state index contributed by atoms with van der Waals surface area (Å²) in [7, 11) is 1.77. The standard InChI is InChI=1S/C17H24N4O2/c1-22-15-7-8-21(14(10-15)11-18)12-17-19-16(20-23-17)9-13-5-3-2-4-6-13/h2-6,14-15H,7-12,18H2,1H3. The van der Waals surface area contributed by atoms with Crippen LogP contribution in [0.2, 0.25) is 0 Å². The summed E-state index contributed by atoms with van der Waals surface area (Å²) >= 11 is 0. The molecule has 2 N–H and O–H groups in total. The van der Waals surface area contributed by atoms with Crippen molar-refractivity contribution in [3.63, 3.8) is 0 Å². The number of nitrogens with zero attached hydrogens (tertiary/aromatic N) is 3. The van der Waals surface area contributed by atoms with Crippen molar-refractivity contribution >= 4 is 0 Å². The Morgan fingerprint density at radius 2 is 2.17 bits per heavy atom. The first kappa shape index (κ1) is 16.1. The Balaban J connectivity index is 1.60. The number of likely N-dealkylation sites (tertiary alicyclic amines) is 1. The van der Waals surface area contributed by atoms with E-state index in [4.69, 9.17) is 15.0 Å². The molecule has 0 amide bonds. The van der Waals surface area contributed by atoms with E-state index < -0.39 is 0 Å². The summed E-state index contributed by atoms with van der Waals surface area (Å²) in [6.45, 7) is 2.21. The molecule has 1 saturated heterocycles. The van der Waals surface area contributed by atoms with Crippen LogP contribution in [-0.4, -0.2) is 47.4 Å². The Bertz CT molecular complexity index is 602. The van der Waals surface area contributed by atoms with Gasteiger partial charge in [-0.05, 0) is 18.4 Å². The SMILES string of the molecule is COC1CCN(Cc2nc(Cc3ccccc3)no2)C(CN)C1. The molecule has 0 bridgehead atoms. The van der Waals surface area contributed by atoms with Crippen LogP contribution in [0, 0.1) is 0 Å². The van der Waals surface area contributed by atoms with Gasteiger partial charge in [0.2, 0.25) is 5.89 Å². The quantitative estimate of drug-likeness (QED) is 0.872. The molecular formula is C17H24N4O2. The van der Waals surface area contributed by atoms with Crippen LogP contribution in [0.15, 0.2) is 34.9 Å². The van der Waals surface area contributed by atoms with Crippen LogP contribution in [0.5, 0.6) is 0 Å². The molecule has 2 heterocycles. The smallest absolute Gasteiger partial charge is 0.240 e. The van der Waals surface area contributed by atoms with E-state index in [1.54, 1.807) is 7.11 Å². The summed E-state index contributed by atoms with van der Waals surface area (Å²) in [6, 6.07) is 10.5. The molecule has 0 radical (unpaired) electrons. The van der Waals surface area contributed by atoms with Crippen molar-refractivity contribution < 1.29 is 9.26 Å². The lowest BCUT2D eigenvalue weighted by molar-refractivity contribution is 0.00676. The van der Waals surface area contributed by atoms with Gasteiger partial charge < -0.3 is 15.0 Å². The molecule has 6 nitrogen and oxygen atoms in total. The molecule has 1 aromatic carbocycles. The lowest BCUT2D eigenvalue weighted by Crippen LogP contribution is -2.48. The highest BCUT2D eigenvalue weighted by Crippen LogP contribution is 2.21. The van der Waals surface area contributed by atoms with E-state index in [9.17, 15) is 0 Å². The first-order chi connectivity index (χ1) is 11.3. The van der Waals surface area contributed by atoms with Crippen molar-refractivity contribution in [2.45, 2.75) is 38.0 Å². The molecule has 1 aromatic heterocycles. The van der Waals surface area contributed by atoms with Crippen LogP contribution in [0.1, 0.15) is 30.1 Å². The van der Waals surface area contributed by atoms with E-state index in [2.05, 4.69) is 27.2 Å². The fourth-order valence-corrected chi connectivity index (χ4v) is 3.11. The van der Waals surface area contributed by atoms with Crippen molar-refractivity contribution in [1.29, 1.82) is 0 Å². The van der Waals surface area contributed by atoms with Gasteiger partial charge in [-0.3, -0.25) is 4.90 Å². The zero-order valence-corrected chi connectivity index (χ0v) is 13.5. The first-order valence-electron chi connectivity index (χ1n) is 8.10. The van der Waals surface area contributed by atoms with Crippen LogP contribution in [0.4, 0.5) is 0 Å². The van der Waals surface area contributed by atoms with Crippen LogP contribution >= 0.6 is 0 Å². The molecule has 23 heavy (non-hydrogen) atoms. The Morgan fingerprint density at radius 1 is 1.35 bits per heavy atom. The average Bonchev–Trinajstić information content (AvgIpc) is 3.03. The summed E-state index contributed by atoms with van der Waals surface area (Å²) in [6.07, 6.45) is 2.96. The number of rotatable bonds is 6. The summed E-state index contributed by atoms with van der Waals surface area (Å²) in [4.78, 5) is 6.83. The molecular weight excluding hydrogens is 292 g/mol. The zero-order valence-electron chi connectivity index (χ0n) is 13.5. The average molecular weight is 316 g/mol. The van der Waals surface area contributed by atoms with E-state index in [1.807, 2.05) is 18.2 Å². The largest absolute Gasteiger partial charge is 0.381 e. The van der Waals surface area contributed by atoms with Crippen LogP contribution in [0.25, 0.3) is 0 Å². The van der Waals surface area contributed by atoms with E-state index in [1.165, 1.54) is 5.56 Å². The minimum Gasteiger partial charge on any atom is -0.381 e. The molecule has 3 rings (SSSR count). The number of hydrogen-bond acceptors (Lipinski definition) is 6. The minimum absolute atomic E-state index is 0.302. The number of ether oxygens (including phenoxy) is 1. The molecule has 2 atom stereocenters. The van der Waals surface area contributed by atoms with Crippen LogP contribution in [-0.2, 0) is 17.7 Å². The summed E-state index contributed by atoms with van der Waals surface area (Å²) in [5.41, 5.74) is 7.09. The number of aromatic nitrogens is 2. The monoisotopic (exact) mass is 316 g/mol. The predicted molar refractivity (Wildman–Crippen MR) is 86.8 cm³/mol. The van der Waals surface area contributed by atoms with Crippen molar-refractivity contribution in [3.8, 4) is 0 Å². The third kappa shape index (κ3) is 4.16. The van der Waals surface area contributed by atoms with E-state index in [0.717, 1.165) is 25.2 Å². The Hall–Kier alpha value is -1.76. The number of piperidine rings is 1. The third-order valence-electron chi connectivity index (χ3n) is 4.45. The number of nitrogens with two attached hydrogens (primary N) is 1. The number of hydrogen-bond donors (Lipinski definition) is 1. The summed E-state index contributed by atoms with van der Waals surface area (Å²) in [5, 5.41) is 4.09. The zero-order chi connectivity index (χ0) is 16.1. The highest BCUT2D eigenvalue weighted by Gasteiger charge is 2.28. The molecule has 1 fully saturated rings. The molecule has 6 heteroatoms. The summed E-state index contributed by atoms with van der Waals surface area (Å²) < 4.78 is 10.9. The lowest BCUT2D eigenvalue weighted by atomic mass is 9.99. The second-order valence-corrected chi connectivity index (χ2v) is 6.01. The fraction of sp³-hybridized carbons (Fsp3) is 0.529. The molecule has 2 unspecified atom stereocenters. The maximum atomic E-state index is 5.91. The normalized spacial score (nSPS) is 22.3. The number of methoxy groups -OCH3 is 1. The molecule has 2 aromatic rings. The highest BCUT2D eigenvalue weighted by molar-refractivity contribution is 5.18. The Kier molecular flexibility index (Phi) is 5.38. The molecule has 0 aliphatic carbocycles. The highest BCUT2D eigenvalue weighted by atomic mass is 16.5.